The molecule has 0 spiro atoms. The van der Waals surface area contributed by atoms with Gasteiger partial charge in [0.2, 0.25) is 11.8 Å². The van der Waals surface area contributed by atoms with Crippen molar-refractivity contribution in [2.24, 2.45) is 0 Å². The van der Waals surface area contributed by atoms with Crippen LogP contribution in [0.2, 0.25) is 0 Å². The molecule has 2 heterocycles. The first-order chi connectivity index (χ1) is 13.0. The van der Waals surface area contributed by atoms with Gasteiger partial charge in [0.1, 0.15) is 0 Å². The van der Waals surface area contributed by atoms with Gasteiger partial charge >= 0.3 is 0 Å². The molecule has 1 aromatic heterocycles. The van der Waals surface area contributed by atoms with Crippen LogP contribution >= 0.6 is 11.3 Å². The van der Waals surface area contributed by atoms with Crippen LogP contribution < -0.4 is 10.6 Å². The topological polar surface area (TPSA) is 91.0 Å². The highest BCUT2D eigenvalue weighted by atomic mass is 32.1. The molecular weight excluding hydrogens is 368 g/mol. The van der Waals surface area contributed by atoms with Gasteiger partial charge < -0.3 is 20.3 Å². The quantitative estimate of drug-likeness (QED) is 0.577. The molecule has 1 aliphatic rings. The van der Waals surface area contributed by atoms with Crippen LogP contribution in [0.4, 0.5) is 0 Å². The minimum atomic E-state index is -0.217. The molecule has 2 N–H and O–H groups in total. The predicted octanol–water partition coefficient (Wildman–Crippen LogP) is 0.0832. The Morgan fingerprint density at radius 3 is 2.52 bits per heavy atom. The Morgan fingerprint density at radius 1 is 1.15 bits per heavy atom. The lowest BCUT2D eigenvalue weighted by Gasteiger charge is -2.34. The standard InChI is InChI=1S/C18H28N4O4S/c1-14-4-5-15(27-14)18(25)20-12-17(24)22-9-7-21(8-10-22)13-16(23)19-6-3-11-26-2/h4-5H,3,6-13H2,1-2H3,(H,19,23)(H,20,25). The number of carbonyl (C=O) groups is 3. The number of piperazine rings is 1. The monoisotopic (exact) mass is 396 g/mol. The molecule has 2 rings (SSSR count). The molecule has 1 saturated heterocycles. The third-order valence-corrected chi connectivity index (χ3v) is 5.30. The first-order valence-corrected chi connectivity index (χ1v) is 9.91. The minimum Gasteiger partial charge on any atom is -0.385 e. The van der Waals surface area contributed by atoms with E-state index in [0.29, 0.717) is 50.8 Å². The number of amides is 3. The van der Waals surface area contributed by atoms with Gasteiger partial charge in [0.15, 0.2) is 0 Å². The van der Waals surface area contributed by atoms with Gasteiger partial charge in [0.05, 0.1) is 18.0 Å². The molecule has 0 atom stereocenters. The maximum Gasteiger partial charge on any atom is 0.261 e. The van der Waals surface area contributed by atoms with E-state index in [1.807, 2.05) is 17.9 Å². The molecule has 0 aliphatic carbocycles. The molecule has 1 aromatic rings. The van der Waals surface area contributed by atoms with E-state index >= 15 is 0 Å². The molecule has 27 heavy (non-hydrogen) atoms. The number of rotatable bonds is 9. The fraction of sp³-hybridized carbons (Fsp3) is 0.611. The zero-order valence-electron chi connectivity index (χ0n) is 16.0. The van der Waals surface area contributed by atoms with Crippen molar-refractivity contribution >= 4 is 29.1 Å². The Balaban J connectivity index is 1.63. The zero-order chi connectivity index (χ0) is 19.6. The molecule has 0 unspecified atom stereocenters. The first-order valence-electron chi connectivity index (χ1n) is 9.10. The van der Waals surface area contributed by atoms with Gasteiger partial charge in [-0.05, 0) is 25.5 Å². The molecule has 1 aliphatic heterocycles. The molecule has 0 radical (unpaired) electrons. The van der Waals surface area contributed by atoms with Crippen LogP contribution in [0.15, 0.2) is 12.1 Å². The van der Waals surface area contributed by atoms with Gasteiger partial charge in [-0.15, -0.1) is 11.3 Å². The summed E-state index contributed by atoms with van der Waals surface area (Å²) in [5, 5.41) is 5.54. The number of hydrogen-bond acceptors (Lipinski definition) is 6. The molecule has 3 amide bonds. The van der Waals surface area contributed by atoms with Gasteiger partial charge in [-0.25, -0.2) is 0 Å². The Bertz CT molecular complexity index is 641. The van der Waals surface area contributed by atoms with Crippen LogP contribution in [0.1, 0.15) is 21.0 Å². The number of thiophene rings is 1. The maximum atomic E-state index is 12.3. The fourth-order valence-corrected chi connectivity index (χ4v) is 3.55. The summed E-state index contributed by atoms with van der Waals surface area (Å²) in [5.41, 5.74) is 0. The normalized spacial score (nSPS) is 14.8. The first kappa shape index (κ1) is 21.3. The Kier molecular flexibility index (Phi) is 8.70. The van der Waals surface area contributed by atoms with Gasteiger partial charge in [-0.2, -0.15) is 0 Å². The second kappa shape index (κ2) is 11.0. The average molecular weight is 397 g/mol. The van der Waals surface area contributed by atoms with Crippen LogP contribution in [-0.4, -0.2) is 87.1 Å². The summed E-state index contributed by atoms with van der Waals surface area (Å²) in [5.74, 6) is -0.324. The number of carbonyl (C=O) groups excluding carboxylic acids is 3. The number of methoxy groups -OCH3 is 1. The van der Waals surface area contributed by atoms with E-state index in [0.717, 1.165) is 11.3 Å². The summed E-state index contributed by atoms with van der Waals surface area (Å²) in [6.45, 7) is 5.92. The third-order valence-electron chi connectivity index (χ3n) is 4.30. The summed E-state index contributed by atoms with van der Waals surface area (Å²) in [4.78, 5) is 41.6. The van der Waals surface area contributed by atoms with Gasteiger partial charge in [0, 0.05) is 51.3 Å². The Hall–Kier alpha value is -1.97. The number of nitrogens with zero attached hydrogens (tertiary/aromatic N) is 2. The van der Waals surface area contributed by atoms with Crippen LogP contribution in [0.5, 0.6) is 0 Å². The lowest BCUT2D eigenvalue weighted by atomic mass is 10.3. The highest BCUT2D eigenvalue weighted by Gasteiger charge is 2.22. The summed E-state index contributed by atoms with van der Waals surface area (Å²) >= 11 is 1.41. The minimum absolute atomic E-state index is 0.00420. The van der Waals surface area contributed by atoms with Crippen molar-refractivity contribution in [3.05, 3.63) is 21.9 Å². The molecule has 9 heteroatoms. The highest BCUT2D eigenvalue weighted by molar-refractivity contribution is 7.13. The number of aryl methyl sites for hydroxylation is 1. The molecule has 0 bridgehead atoms. The van der Waals surface area contributed by atoms with Crippen LogP contribution in [-0.2, 0) is 14.3 Å². The van der Waals surface area contributed by atoms with Crippen molar-refractivity contribution in [2.75, 3.05) is 59.5 Å². The van der Waals surface area contributed by atoms with E-state index < -0.39 is 0 Å². The molecule has 1 fully saturated rings. The van der Waals surface area contributed by atoms with E-state index in [9.17, 15) is 14.4 Å². The van der Waals surface area contributed by atoms with Crippen molar-refractivity contribution in [2.45, 2.75) is 13.3 Å². The molecular formula is C18H28N4O4S. The van der Waals surface area contributed by atoms with Gasteiger partial charge in [-0.3, -0.25) is 19.3 Å². The van der Waals surface area contributed by atoms with E-state index in [1.54, 1.807) is 18.1 Å². The summed E-state index contributed by atoms with van der Waals surface area (Å²) < 4.78 is 4.94. The van der Waals surface area contributed by atoms with Crippen molar-refractivity contribution in [1.29, 1.82) is 0 Å². The summed E-state index contributed by atoms with van der Waals surface area (Å²) in [7, 11) is 1.64. The van der Waals surface area contributed by atoms with E-state index in [-0.39, 0.29) is 24.3 Å². The maximum absolute atomic E-state index is 12.3. The second-order valence-corrected chi connectivity index (χ2v) is 7.73. The summed E-state index contributed by atoms with van der Waals surface area (Å²) in [6, 6.07) is 3.65. The van der Waals surface area contributed by atoms with E-state index in [2.05, 4.69) is 10.6 Å². The Labute approximate surface area is 163 Å². The fourth-order valence-electron chi connectivity index (χ4n) is 2.77. The largest absolute Gasteiger partial charge is 0.385 e. The highest BCUT2D eigenvalue weighted by Crippen LogP contribution is 2.14. The van der Waals surface area contributed by atoms with Crippen molar-refractivity contribution in [1.82, 2.24) is 20.4 Å². The Morgan fingerprint density at radius 2 is 1.89 bits per heavy atom. The third kappa shape index (κ3) is 7.28. The predicted molar refractivity (Wildman–Crippen MR) is 104 cm³/mol. The van der Waals surface area contributed by atoms with Gasteiger partial charge in [-0.1, -0.05) is 0 Å². The number of ether oxygens (including phenoxy) is 1. The second-order valence-electron chi connectivity index (χ2n) is 6.45. The lowest BCUT2D eigenvalue weighted by Crippen LogP contribution is -2.53. The van der Waals surface area contributed by atoms with E-state index in [4.69, 9.17) is 4.74 Å². The van der Waals surface area contributed by atoms with Crippen molar-refractivity contribution in [3.8, 4) is 0 Å². The van der Waals surface area contributed by atoms with Crippen LogP contribution in [0.25, 0.3) is 0 Å². The summed E-state index contributed by atoms with van der Waals surface area (Å²) in [6.07, 6.45) is 0.793. The van der Waals surface area contributed by atoms with Crippen LogP contribution in [0.3, 0.4) is 0 Å². The number of hydrogen-bond donors (Lipinski definition) is 2. The number of nitrogens with one attached hydrogen (secondary N) is 2. The molecule has 150 valence electrons. The zero-order valence-corrected chi connectivity index (χ0v) is 16.8. The average Bonchev–Trinajstić information content (AvgIpc) is 3.10. The van der Waals surface area contributed by atoms with Gasteiger partial charge in [0.25, 0.3) is 5.91 Å². The molecule has 0 saturated carbocycles. The van der Waals surface area contributed by atoms with Crippen LogP contribution in [0, 0.1) is 6.92 Å². The van der Waals surface area contributed by atoms with E-state index in [1.165, 1.54) is 11.3 Å². The van der Waals surface area contributed by atoms with Crippen molar-refractivity contribution < 1.29 is 19.1 Å². The SMILES string of the molecule is COCCCNC(=O)CN1CCN(C(=O)CNC(=O)c2ccc(C)s2)CC1. The molecule has 0 aromatic carbocycles. The smallest absolute Gasteiger partial charge is 0.261 e. The lowest BCUT2D eigenvalue weighted by molar-refractivity contribution is -0.132. The van der Waals surface area contributed by atoms with Crippen molar-refractivity contribution in [3.63, 3.8) is 0 Å². The molecule has 8 nitrogen and oxygen atoms in total.